The van der Waals surface area contributed by atoms with Crippen LogP contribution in [0.3, 0.4) is 0 Å². The molecule has 0 spiro atoms. The summed E-state index contributed by atoms with van der Waals surface area (Å²) in [5, 5.41) is 0. The molecule has 0 radical (unpaired) electrons. The third kappa shape index (κ3) is 8.27. The Morgan fingerprint density at radius 3 is 1.56 bits per heavy atom. The topological polar surface area (TPSA) is 27.7 Å². The fourth-order valence-corrected chi connectivity index (χ4v) is 2.73. The van der Waals surface area contributed by atoms with E-state index in [1.54, 1.807) is 7.11 Å². The van der Waals surface area contributed by atoms with Gasteiger partial charge < -0.3 is 13.3 Å². The molecule has 0 aromatic rings. The highest BCUT2D eigenvalue weighted by atomic mass is 28.4. The summed E-state index contributed by atoms with van der Waals surface area (Å²) in [4.78, 5) is 0. The lowest BCUT2D eigenvalue weighted by Crippen LogP contribution is -2.42. The first-order valence-electron chi connectivity index (χ1n) is 6.51. The SMILES string of the molecule is CCCCCO[Si](C)(OC)OCCCCC. The second-order valence-electron chi connectivity index (χ2n) is 4.18. The van der Waals surface area contributed by atoms with Crippen LogP contribution in [0.25, 0.3) is 0 Å². The summed E-state index contributed by atoms with van der Waals surface area (Å²) >= 11 is 0. The second kappa shape index (κ2) is 10.3. The Labute approximate surface area is 102 Å². The minimum atomic E-state index is -2.32. The predicted molar refractivity (Wildman–Crippen MR) is 69.6 cm³/mol. The maximum absolute atomic E-state index is 5.76. The van der Waals surface area contributed by atoms with E-state index in [1.165, 1.54) is 25.7 Å². The average molecular weight is 248 g/mol. The largest absolute Gasteiger partial charge is 0.497 e. The van der Waals surface area contributed by atoms with Gasteiger partial charge in [-0.2, -0.15) is 0 Å². The first-order valence-corrected chi connectivity index (χ1v) is 8.74. The molecule has 0 aromatic carbocycles. The zero-order valence-corrected chi connectivity index (χ0v) is 12.4. The Bertz CT molecular complexity index is 141. The number of hydrogen-bond acceptors (Lipinski definition) is 3. The van der Waals surface area contributed by atoms with Crippen molar-refractivity contribution in [3.05, 3.63) is 0 Å². The lowest BCUT2D eigenvalue weighted by molar-refractivity contribution is 0.0812. The smallest absolute Gasteiger partial charge is 0.377 e. The number of rotatable bonds is 11. The molecule has 4 heteroatoms. The molecule has 98 valence electrons. The monoisotopic (exact) mass is 248 g/mol. The molecule has 0 unspecified atom stereocenters. The zero-order chi connectivity index (χ0) is 12.3. The minimum absolute atomic E-state index is 0.762. The van der Waals surface area contributed by atoms with E-state index in [2.05, 4.69) is 13.8 Å². The molecule has 0 fully saturated rings. The van der Waals surface area contributed by atoms with Gasteiger partial charge in [0.1, 0.15) is 0 Å². The van der Waals surface area contributed by atoms with E-state index in [-0.39, 0.29) is 0 Å². The van der Waals surface area contributed by atoms with E-state index in [1.807, 2.05) is 6.55 Å². The molecule has 0 rings (SSSR count). The van der Waals surface area contributed by atoms with E-state index in [4.69, 9.17) is 13.3 Å². The third-order valence-electron chi connectivity index (χ3n) is 2.60. The zero-order valence-electron chi connectivity index (χ0n) is 11.4. The molecule has 3 nitrogen and oxygen atoms in total. The van der Waals surface area contributed by atoms with Crippen LogP contribution in [-0.4, -0.2) is 29.1 Å². The maximum Gasteiger partial charge on any atom is 0.497 e. The molecule has 0 saturated heterocycles. The summed E-state index contributed by atoms with van der Waals surface area (Å²) in [5.74, 6) is 0. The lowest BCUT2D eigenvalue weighted by Gasteiger charge is -2.24. The summed E-state index contributed by atoms with van der Waals surface area (Å²) in [5.41, 5.74) is 0. The number of unbranched alkanes of at least 4 members (excludes halogenated alkanes) is 4. The lowest BCUT2D eigenvalue weighted by atomic mass is 10.3. The van der Waals surface area contributed by atoms with E-state index in [0.717, 1.165) is 26.1 Å². The van der Waals surface area contributed by atoms with Gasteiger partial charge in [0, 0.05) is 26.9 Å². The summed E-state index contributed by atoms with van der Waals surface area (Å²) in [7, 11) is -0.637. The normalized spacial score (nSPS) is 12.0. The van der Waals surface area contributed by atoms with E-state index < -0.39 is 8.80 Å². The van der Waals surface area contributed by atoms with Crippen molar-refractivity contribution in [3.8, 4) is 0 Å². The van der Waals surface area contributed by atoms with Crippen LogP contribution in [-0.2, 0) is 13.3 Å². The fraction of sp³-hybridized carbons (Fsp3) is 1.00. The molecule has 0 heterocycles. The van der Waals surface area contributed by atoms with Crippen LogP contribution in [0.2, 0.25) is 6.55 Å². The van der Waals surface area contributed by atoms with Crippen molar-refractivity contribution in [2.75, 3.05) is 20.3 Å². The van der Waals surface area contributed by atoms with E-state index in [0.29, 0.717) is 0 Å². The van der Waals surface area contributed by atoms with Crippen LogP contribution in [0.5, 0.6) is 0 Å². The molecular formula is C12H28O3Si. The van der Waals surface area contributed by atoms with Crippen molar-refractivity contribution in [3.63, 3.8) is 0 Å². The van der Waals surface area contributed by atoms with E-state index >= 15 is 0 Å². The molecule has 0 atom stereocenters. The summed E-state index contributed by atoms with van der Waals surface area (Å²) < 4.78 is 16.9. The van der Waals surface area contributed by atoms with Crippen molar-refractivity contribution in [2.24, 2.45) is 0 Å². The molecule has 0 N–H and O–H groups in total. The average Bonchev–Trinajstić information content (AvgIpc) is 2.31. The Morgan fingerprint density at radius 1 is 0.812 bits per heavy atom. The van der Waals surface area contributed by atoms with Gasteiger partial charge in [0.05, 0.1) is 0 Å². The van der Waals surface area contributed by atoms with Crippen molar-refractivity contribution < 1.29 is 13.3 Å². The molecule has 0 aromatic heterocycles. The van der Waals surface area contributed by atoms with Crippen molar-refractivity contribution >= 4 is 8.80 Å². The van der Waals surface area contributed by atoms with Gasteiger partial charge in [-0.05, 0) is 12.8 Å². The molecular weight excluding hydrogens is 220 g/mol. The van der Waals surface area contributed by atoms with Crippen molar-refractivity contribution in [2.45, 2.75) is 58.9 Å². The van der Waals surface area contributed by atoms with Gasteiger partial charge in [0.2, 0.25) is 0 Å². The van der Waals surface area contributed by atoms with Gasteiger partial charge in [-0.1, -0.05) is 39.5 Å². The van der Waals surface area contributed by atoms with Gasteiger partial charge in [0.15, 0.2) is 0 Å². The summed E-state index contributed by atoms with van der Waals surface area (Å²) in [6.07, 6.45) is 7.05. The Balaban J connectivity index is 3.64. The van der Waals surface area contributed by atoms with Crippen LogP contribution < -0.4 is 0 Å². The van der Waals surface area contributed by atoms with Gasteiger partial charge in [-0.15, -0.1) is 0 Å². The highest BCUT2D eigenvalue weighted by molar-refractivity contribution is 6.59. The second-order valence-corrected chi connectivity index (χ2v) is 6.89. The fourth-order valence-electron chi connectivity index (χ4n) is 1.38. The van der Waals surface area contributed by atoms with Crippen LogP contribution in [0, 0.1) is 0 Å². The van der Waals surface area contributed by atoms with E-state index in [9.17, 15) is 0 Å². The molecule has 16 heavy (non-hydrogen) atoms. The summed E-state index contributed by atoms with van der Waals surface area (Å²) in [6.45, 7) is 7.88. The first kappa shape index (κ1) is 16.1. The van der Waals surface area contributed by atoms with Crippen LogP contribution in [0.15, 0.2) is 0 Å². The Hall–Kier alpha value is 0.0969. The Morgan fingerprint density at radius 2 is 1.25 bits per heavy atom. The first-order chi connectivity index (χ1) is 7.68. The minimum Gasteiger partial charge on any atom is -0.377 e. The standard InChI is InChI=1S/C12H28O3Si/c1-5-7-9-11-14-16(4,13-3)15-12-10-8-6-2/h5-12H2,1-4H3. The Kier molecular flexibility index (Phi) is 10.3. The van der Waals surface area contributed by atoms with Crippen LogP contribution in [0.4, 0.5) is 0 Å². The van der Waals surface area contributed by atoms with Gasteiger partial charge in [-0.25, -0.2) is 0 Å². The molecule has 0 aliphatic carbocycles. The molecule has 0 aliphatic rings. The van der Waals surface area contributed by atoms with Crippen molar-refractivity contribution in [1.29, 1.82) is 0 Å². The van der Waals surface area contributed by atoms with Crippen LogP contribution in [0.1, 0.15) is 52.4 Å². The van der Waals surface area contributed by atoms with Gasteiger partial charge in [0.25, 0.3) is 0 Å². The quantitative estimate of drug-likeness (QED) is 0.413. The predicted octanol–water partition coefficient (Wildman–Crippen LogP) is 3.62. The van der Waals surface area contributed by atoms with Crippen LogP contribution >= 0.6 is 0 Å². The molecule has 0 saturated carbocycles. The molecule has 0 amide bonds. The highest BCUT2D eigenvalue weighted by Gasteiger charge is 2.32. The van der Waals surface area contributed by atoms with Crippen molar-refractivity contribution in [1.82, 2.24) is 0 Å². The van der Waals surface area contributed by atoms with Gasteiger partial charge >= 0.3 is 8.80 Å². The van der Waals surface area contributed by atoms with Gasteiger partial charge in [-0.3, -0.25) is 0 Å². The third-order valence-corrected chi connectivity index (χ3v) is 4.79. The maximum atomic E-state index is 5.76. The number of hydrogen-bond donors (Lipinski definition) is 0. The summed E-state index contributed by atoms with van der Waals surface area (Å²) in [6, 6.07) is 0. The molecule has 0 bridgehead atoms. The highest BCUT2D eigenvalue weighted by Crippen LogP contribution is 2.10. The molecule has 0 aliphatic heterocycles.